The van der Waals surface area contributed by atoms with Crippen LogP contribution in [0.5, 0.6) is 0 Å². The van der Waals surface area contributed by atoms with Gasteiger partial charge < -0.3 is 16.4 Å². The predicted molar refractivity (Wildman–Crippen MR) is 43.4 cm³/mol. The molecular formula is C7H11N3O3. The molecule has 0 aromatic rings. The highest BCUT2D eigenvalue weighted by molar-refractivity contribution is 5.92. The quantitative estimate of drug-likeness (QED) is 0.468. The first kappa shape index (κ1) is 9.50. The van der Waals surface area contributed by atoms with E-state index < -0.39 is 11.9 Å². The first-order valence-electron chi connectivity index (χ1n) is 3.95. The zero-order valence-corrected chi connectivity index (χ0v) is 7.00. The van der Waals surface area contributed by atoms with Crippen molar-refractivity contribution in [1.82, 2.24) is 10.6 Å². The van der Waals surface area contributed by atoms with Crippen LogP contribution in [0.15, 0.2) is 0 Å². The molecule has 0 aromatic heterocycles. The standard InChI is InChI=1S/C7H11N3O3/c8-5(11)3-9-7(13)4-1-2-6(12)10-4/h4H,1-3H2,(H2,8,11)(H,9,13)(H,10,12)/t4-/m1/s1. The largest absolute Gasteiger partial charge is 0.368 e. The molecule has 1 fully saturated rings. The minimum absolute atomic E-state index is 0.140. The van der Waals surface area contributed by atoms with Gasteiger partial charge in [-0.2, -0.15) is 0 Å². The highest BCUT2D eigenvalue weighted by Gasteiger charge is 2.26. The first-order valence-corrected chi connectivity index (χ1v) is 3.95. The molecule has 1 heterocycles. The number of primary amides is 1. The smallest absolute Gasteiger partial charge is 0.243 e. The number of nitrogens with two attached hydrogens (primary N) is 1. The summed E-state index contributed by atoms with van der Waals surface area (Å²) in [6.07, 6.45) is 0.831. The van der Waals surface area contributed by atoms with E-state index >= 15 is 0 Å². The number of rotatable bonds is 3. The maximum atomic E-state index is 11.2. The van der Waals surface area contributed by atoms with Crippen molar-refractivity contribution in [2.24, 2.45) is 5.73 Å². The van der Waals surface area contributed by atoms with Crippen LogP contribution in [-0.4, -0.2) is 30.3 Å². The van der Waals surface area contributed by atoms with E-state index in [1.165, 1.54) is 0 Å². The highest BCUT2D eigenvalue weighted by Crippen LogP contribution is 2.05. The van der Waals surface area contributed by atoms with E-state index in [1.54, 1.807) is 0 Å². The summed E-state index contributed by atoms with van der Waals surface area (Å²) in [6.45, 7) is -0.189. The van der Waals surface area contributed by atoms with Crippen LogP contribution in [0.1, 0.15) is 12.8 Å². The SMILES string of the molecule is NC(=O)CNC(=O)[C@H]1CCC(=O)N1. The second-order valence-electron chi connectivity index (χ2n) is 2.84. The summed E-state index contributed by atoms with van der Waals surface area (Å²) in [4.78, 5) is 32.2. The highest BCUT2D eigenvalue weighted by atomic mass is 16.2. The van der Waals surface area contributed by atoms with Gasteiger partial charge in [-0.15, -0.1) is 0 Å². The second kappa shape index (κ2) is 3.88. The molecule has 1 aliphatic heterocycles. The van der Waals surface area contributed by atoms with Gasteiger partial charge in [0.1, 0.15) is 6.04 Å². The Morgan fingerprint density at radius 1 is 1.62 bits per heavy atom. The fourth-order valence-corrected chi connectivity index (χ4v) is 1.11. The van der Waals surface area contributed by atoms with Crippen molar-refractivity contribution < 1.29 is 14.4 Å². The fraction of sp³-hybridized carbons (Fsp3) is 0.571. The Bertz CT molecular complexity index is 251. The third kappa shape index (κ3) is 2.73. The minimum atomic E-state index is -0.599. The van der Waals surface area contributed by atoms with Crippen LogP contribution in [-0.2, 0) is 14.4 Å². The molecule has 0 spiro atoms. The molecule has 0 aromatic carbocycles. The van der Waals surface area contributed by atoms with Crippen LogP contribution in [0.4, 0.5) is 0 Å². The fourth-order valence-electron chi connectivity index (χ4n) is 1.11. The molecule has 0 aliphatic carbocycles. The lowest BCUT2D eigenvalue weighted by Crippen LogP contribution is -2.44. The van der Waals surface area contributed by atoms with E-state index in [2.05, 4.69) is 10.6 Å². The van der Waals surface area contributed by atoms with Crippen molar-refractivity contribution in [2.45, 2.75) is 18.9 Å². The van der Waals surface area contributed by atoms with Gasteiger partial charge in [0.05, 0.1) is 6.54 Å². The van der Waals surface area contributed by atoms with Crippen molar-refractivity contribution in [3.63, 3.8) is 0 Å². The Balaban J connectivity index is 2.31. The summed E-state index contributed by atoms with van der Waals surface area (Å²) in [5, 5.41) is 4.79. The summed E-state index contributed by atoms with van der Waals surface area (Å²) >= 11 is 0. The van der Waals surface area contributed by atoms with Crippen LogP contribution < -0.4 is 16.4 Å². The number of amides is 3. The van der Waals surface area contributed by atoms with E-state index in [1.807, 2.05) is 0 Å². The molecule has 3 amide bonds. The predicted octanol–water partition coefficient (Wildman–Crippen LogP) is -2.13. The van der Waals surface area contributed by atoms with Crippen LogP contribution in [0.2, 0.25) is 0 Å². The molecule has 6 heteroatoms. The van der Waals surface area contributed by atoms with E-state index in [0.29, 0.717) is 12.8 Å². The van der Waals surface area contributed by atoms with Crippen molar-refractivity contribution in [1.29, 1.82) is 0 Å². The van der Waals surface area contributed by atoms with E-state index in [9.17, 15) is 14.4 Å². The molecule has 72 valence electrons. The van der Waals surface area contributed by atoms with Gasteiger partial charge in [-0.05, 0) is 6.42 Å². The zero-order chi connectivity index (χ0) is 9.84. The number of carbonyl (C=O) groups excluding carboxylic acids is 3. The van der Waals surface area contributed by atoms with Gasteiger partial charge in [0.15, 0.2) is 0 Å². The first-order chi connectivity index (χ1) is 6.09. The Labute approximate surface area is 74.8 Å². The lowest BCUT2D eigenvalue weighted by molar-refractivity contribution is -0.127. The molecule has 13 heavy (non-hydrogen) atoms. The van der Waals surface area contributed by atoms with E-state index in [-0.39, 0.29) is 18.4 Å². The topological polar surface area (TPSA) is 101 Å². The molecule has 0 radical (unpaired) electrons. The van der Waals surface area contributed by atoms with Crippen molar-refractivity contribution >= 4 is 17.7 Å². The molecule has 1 atom stereocenters. The summed E-state index contributed by atoms with van der Waals surface area (Å²) in [6, 6.07) is -0.508. The number of hydrogen-bond donors (Lipinski definition) is 3. The Hall–Kier alpha value is -1.59. The van der Waals surface area contributed by atoms with Gasteiger partial charge in [-0.1, -0.05) is 0 Å². The van der Waals surface area contributed by atoms with Crippen LogP contribution >= 0.6 is 0 Å². The average molecular weight is 185 g/mol. The van der Waals surface area contributed by atoms with Gasteiger partial charge in [-0.3, -0.25) is 14.4 Å². The number of nitrogens with one attached hydrogen (secondary N) is 2. The van der Waals surface area contributed by atoms with Gasteiger partial charge in [0, 0.05) is 6.42 Å². The molecule has 4 N–H and O–H groups in total. The van der Waals surface area contributed by atoms with E-state index in [4.69, 9.17) is 5.73 Å². The van der Waals surface area contributed by atoms with Gasteiger partial charge in [-0.25, -0.2) is 0 Å². The molecule has 0 bridgehead atoms. The zero-order valence-electron chi connectivity index (χ0n) is 7.00. The molecule has 1 saturated heterocycles. The summed E-state index contributed by atoms with van der Waals surface area (Å²) < 4.78 is 0. The summed E-state index contributed by atoms with van der Waals surface area (Å²) in [5.74, 6) is -1.10. The minimum Gasteiger partial charge on any atom is -0.368 e. The maximum Gasteiger partial charge on any atom is 0.243 e. The third-order valence-electron chi connectivity index (χ3n) is 1.75. The second-order valence-corrected chi connectivity index (χ2v) is 2.84. The molecule has 1 rings (SSSR count). The monoisotopic (exact) mass is 185 g/mol. The molecule has 1 aliphatic rings. The normalized spacial score (nSPS) is 20.9. The summed E-state index contributed by atoms with van der Waals surface area (Å²) in [5.41, 5.74) is 4.83. The van der Waals surface area contributed by atoms with Crippen molar-refractivity contribution in [3.05, 3.63) is 0 Å². The van der Waals surface area contributed by atoms with Crippen molar-refractivity contribution in [2.75, 3.05) is 6.54 Å². The maximum absolute atomic E-state index is 11.2. The van der Waals surface area contributed by atoms with Gasteiger partial charge >= 0.3 is 0 Å². The molecule has 0 unspecified atom stereocenters. The lowest BCUT2D eigenvalue weighted by Gasteiger charge is -2.08. The third-order valence-corrected chi connectivity index (χ3v) is 1.75. The Morgan fingerprint density at radius 3 is 2.77 bits per heavy atom. The lowest BCUT2D eigenvalue weighted by atomic mass is 10.2. The molecule has 6 nitrogen and oxygen atoms in total. The van der Waals surface area contributed by atoms with Gasteiger partial charge in [0.25, 0.3) is 0 Å². The van der Waals surface area contributed by atoms with Crippen LogP contribution in [0.3, 0.4) is 0 Å². The van der Waals surface area contributed by atoms with Gasteiger partial charge in [0.2, 0.25) is 17.7 Å². The molecule has 0 saturated carbocycles. The Morgan fingerprint density at radius 2 is 2.31 bits per heavy atom. The molecular weight excluding hydrogens is 174 g/mol. The Kier molecular flexibility index (Phi) is 2.84. The summed E-state index contributed by atoms with van der Waals surface area (Å²) in [7, 11) is 0. The van der Waals surface area contributed by atoms with Crippen molar-refractivity contribution in [3.8, 4) is 0 Å². The van der Waals surface area contributed by atoms with E-state index in [0.717, 1.165) is 0 Å². The average Bonchev–Trinajstić information content (AvgIpc) is 2.47. The number of hydrogen-bond acceptors (Lipinski definition) is 3. The van der Waals surface area contributed by atoms with Crippen LogP contribution in [0.25, 0.3) is 0 Å². The number of carbonyl (C=O) groups is 3. The van der Waals surface area contributed by atoms with Crippen LogP contribution in [0, 0.1) is 0 Å².